The molecule has 21 heavy (non-hydrogen) atoms. The molecule has 0 aliphatic heterocycles. The van der Waals surface area contributed by atoms with Crippen molar-refractivity contribution in [2.45, 2.75) is 38.3 Å². The number of carbonyl (C=O) groups is 2. The minimum atomic E-state index is -2.09. The first kappa shape index (κ1) is 16.9. The van der Waals surface area contributed by atoms with E-state index < -0.39 is 23.1 Å². The number of esters is 1. The Bertz CT molecular complexity index is 539. The Kier molecular flexibility index (Phi) is 4.93. The molecule has 0 bridgehead atoms. The molecule has 0 aromatic heterocycles. The number of hydrazine groups is 1. The summed E-state index contributed by atoms with van der Waals surface area (Å²) in [6.07, 6.45) is -0.222. The van der Waals surface area contributed by atoms with Gasteiger partial charge in [0.1, 0.15) is 5.60 Å². The number of carboxylic acids is 1. The zero-order chi connectivity index (χ0) is 16.3. The van der Waals surface area contributed by atoms with E-state index in [1.165, 1.54) is 0 Å². The third kappa shape index (κ3) is 3.93. The number of nitrogens with one attached hydrogen (secondary N) is 1. The second-order valence-electron chi connectivity index (χ2n) is 5.73. The van der Waals surface area contributed by atoms with Crippen LogP contribution in [-0.2, 0) is 20.7 Å². The van der Waals surface area contributed by atoms with Crippen molar-refractivity contribution in [2.75, 3.05) is 5.73 Å². The molecule has 7 nitrogen and oxygen atoms in total. The average Bonchev–Trinajstić information content (AvgIpc) is 2.35. The standard InChI is InChI=1S/C14H21N3O4/c1-13(2,3)21-12(20)14(17-16,11(18)19)8-9-6-4-5-7-10(9)15/h4-7,17H,8,15-16H2,1-3H3,(H,18,19)/t14-/m0/s1. The number of hydrogen-bond donors (Lipinski definition) is 4. The van der Waals surface area contributed by atoms with Crippen molar-refractivity contribution in [1.29, 1.82) is 0 Å². The van der Waals surface area contributed by atoms with Crippen LogP contribution in [0.25, 0.3) is 0 Å². The number of ether oxygens (including phenoxy) is 1. The van der Waals surface area contributed by atoms with Crippen LogP contribution in [0, 0.1) is 0 Å². The van der Waals surface area contributed by atoms with Crippen molar-refractivity contribution < 1.29 is 19.4 Å². The number of nitrogens with two attached hydrogens (primary N) is 2. The van der Waals surface area contributed by atoms with E-state index in [4.69, 9.17) is 16.3 Å². The van der Waals surface area contributed by atoms with Crippen LogP contribution in [0.15, 0.2) is 24.3 Å². The van der Waals surface area contributed by atoms with Crippen LogP contribution in [0.4, 0.5) is 5.69 Å². The Hall–Kier alpha value is -2.12. The molecule has 0 unspecified atom stereocenters. The van der Waals surface area contributed by atoms with Gasteiger partial charge in [0.2, 0.25) is 5.54 Å². The van der Waals surface area contributed by atoms with Gasteiger partial charge >= 0.3 is 11.9 Å². The van der Waals surface area contributed by atoms with E-state index in [0.717, 1.165) is 0 Å². The molecule has 0 fully saturated rings. The van der Waals surface area contributed by atoms with Crippen LogP contribution in [0.1, 0.15) is 26.3 Å². The predicted octanol–water partition coefficient (Wildman–Crippen LogP) is 0.440. The van der Waals surface area contributed by atoms with Gasteiger partial charge in [-0.1, -0.05) is 18.2 Å². The lowest BCUT2D eigenvalue weighted by Gasteiger charge is -2.30. The maximum absolute atomic E-state index is 12.3. The Labute approximate surface area is 123 Å². The summed E-state index contributed by atoms with van der Waals surface area (Å²) in [5.41, 5.74) is 5.82. The molecule has 0 saturated heterocycles. The molecule has 6 N–H and O–H groups in total. The normalized spacial score (nSPS) is 14.3. The number of anilines is 1. The van der Waals surface area contributed by atoms with E-state index >= 15 is 0 Å². The van der Waals surface area contributed by atoms with Gasteiger partial charge in [-0.3, -0.25) is 5.84 Å². The zero-order valence-electron chi connectivity index (χ0n) is 12.3. The van der Waals surface area contributed by atoms with E-state index in [1.54, 1.807) is 45.0 Å². The molecule has 0 radical (unpaired) electrons. The second kappa shape index (κ2) is 6.11. The number of carbonyl (C=O) groups excluding carboxylic acids is 1. The largest absolute Gasteiger partial charge is 0.479 e. The first-order chi connectivity index (χ1) is 9.62. The Morgan fingerprint density at radius 1 is 1.29 bits per heavy atom. The van der Waals surface area contributed by atoms with Gasteiger partial charge in [-0.2, -0.15) is 0 Å². The van der Waals surface area contributed by atoms with E-state index in [0.29, 0.717) is 11.3 Å². The van der Waals surface area contributed by atoms with Crippen molar-refractivity contribution in [1.82, 2.24) is 5.43 Å². The fraction of sp³-hybridized carbons (Fsp3) is 0.429. The van der Waals surface area contributed by atoms with E-state index in [9.17, 15) is 14.7 Å². The number of hydrogen-bond acceptors (Lipinski definition) is 6. The molecule has 0 spiro atoms. The minimum Gasteiger partial charge on any atom is -0.479 e. The molecule has 1 aromatic carbocycles. The predicted molar refractivity (Wildman–Crippen MR) is 78.1 cm³/mol. The molecule has 1 rings (SSSR count). The lowest BCUT2D eigenvalue weighted by molar-refractivity contribution is -0.171. The molecule has 0 saturated carbocycles. The zero-order valence-corrected chi connectivity index (χ0v) is 12.3. The molecule has 116 valence electrons. The van der Waals surface area contributed by atoms with Crippen LogP contribution >= 0.6 is 0 Å². The van der Waals surface area contributed by atoms with Gasteiger partial charge < -0.3 is 15.6 Å². The van der Waals surface area contributed by atoms with E-state index in [-0.39, 0.29) is 6.42 Å². The second-order valence-corrected chi connectivity index (χ2v) is 5.73. The first-order valence-corrected chi connectivity index (χ1v) is 6.40. The van der Waals surface area contributed by atoms with Crippen LogP contribution in [0.2, 0.25) is 0 Å². The fourth-order valence-corrected chi connectivity index (χ4v) is 1.75. The first-order valence-electron chi connectivity index (χ1n) is 6.40. The van der Waals surface area contributed by atoms with Crippen LogP contribution in [0.3, 0.4) is 0 Å². The van der Waals surface area contributed by atoms with Gasteiger partial charge in [0, 0.05) is 12.1 Å². The van der Waals surface area contributed by atoms with Gasteiger partial charge in [-0.25, -0.2) is 15.0 Å². The van der Waals surface area contributed by atoms with Gasteiger partial charge in [0.25, 0.3) is 0 Å². The number of nitrogen functional groups attached to an aromatic ring is 1. The topological polar surface area (TPSA) is 128 Å². The quantitative estimate of drug-likeness (QED) is 0.204. The molecule has 0 heterocycles. The van der Waals surface area contributed by atoms with Gasteiger partial charge in [0.15, 0.2) is 0 Å². The minimum absolute atomic E-state index is 0.222. The van der Waals surface area contributed by atoms with Crippen LogP contribution < -0.4 is 17.0 Å². The highest BCUT2D eigenvalue weighted by molar-refractivity contribution is 6.04. The maximum Gasteiger partial charge on any atom is 0.340 e. The molecule has 0 aliphatic rings. The van der Waals surface area contributed by atoms with Crippen molar-refractivity contribution in [3.63, 3.8) is 0 Å². The highest BCUT2D eigenvalue weighted by atomic mass is 16.6. The van der Waals surface area contributed by atoms with E-state index in [1.807, 2.05) is 0 Å². The summed E-state index contributed by atoms with van der Waals surface area (Å²) < 4.78 is 5.16. The third-order valence-corrected chi connectivity index (χ3v) is 2.87. The van der Waals surface area contributed by atoms with Crippen LogP contribution in [0.5, 0.6) is 0 Å². The Morgan fingerprint density at radius 2 is 1.86 bits per heavy atom. The Morgan fingerprint density at radius 3 is 2.29 bits per heavy atom. The lowest BCUT2D eigenvalue weighted by Crippen LogP contribution is -2.64. The molecular weight excluding hydrogens is 274 g/mol. The number of benzene rings is 1. The highest BCUT2D eigenvalue weighted by Gasteiger charge is 2.48. The van der Waals surface area contributed by atoms with E-state index in [2.05, 4.69) is 5.43 Å². The molecular formula is C14H21N3O4. The fourth-order valence-electron chi connectivity index (χ4n) is 1.75. The van der Waals surface area contributed by atoms with Crippen molar-refractivity contribution >= 4 is 17.6 Å². The molecule has 0 amide bonds. The monoisotopic (exact) mass is 295 g/mol. The lowest BCUT2D eigenvalue weighted by atomic mass is 9.90. The third-order valence-electron chi connectivity index (χ3n) is 2.87. The van der Waals surface area contributed by atoms with Crippen molar-refractivity contribution in [2.24, 2.45) is 5.84 Å². The summed E-state index contributed by atoms with van der Waals surface area (Å²) >= 11 is 0. The molecule has 1 aromatic rings. The summed E-state index contributed by atoms with van der Waals surface area (Å²) in [5, 5.41) is 9.46. The molecule has 1 atom stereocenters. The summed E-state index contributed by atoms with van der Waals surface area (Å²) in [6, 6.07) is 6.66. The summed E-state index contributed by atoms with van der Waals surface area (Å²) in [4.78, 5) is 23.9. The van der Waals surface area contributed by atoms with Gasteiger partial charge in [-0.15, -0.1) is 0 Å². The summed E-state index contributed by atoms with van der Waals surface area (Å²) in [6.45, 7) is 4.93. The molecule has 0 aliphatic carbocycles. The molecule has 7 heteroatoms. The summed E-state index contributed by atoms with van der Waals surface area (Å²) in [7, 11) is 0. The number of aliphatic carboxylic acids is 1. The number of rotatable bonds is 5. The SMILES string of the molecule is CC(C)(C)OC(=O)[C@@](Cc1ccccc1N)(NN)C(=O)O. The Balaban J connectivity index is 3.19. The number of carboxylic acid groups (broad SMARTS) is 1. The summed E-state index contributed by atoms with van der Waals surface area (Å²) in [5.74, 6) is 2.96. The smallest absolute Gasteiger partial charge is 0.340 e. The van der Waals surface area contributed by atoms with Crippen molar-refractivity contribution in [3.8, 4) is 0 Å². The van der Waals surface area contributed by atoms with Gasteiger partial charge in [0.05, 0.1) is 0 Å². The van der Waals surface area contributed by atoms with Crippen molar-refractivity contribution in [3.05, 3.63) is 29.8 Å². The van der Waals surface area contributed by atoms with Crippen LogP contribution in [-0.4, -0.2) is 28.2 Å². The maximum atomic E-state index is 12.3. The average molecular weight is 295 g/mol. The van der Waals surface area contributed by atoms with Gasteiger partial charge in [-0.05, 0) is 32.4 Å². The number of para-hydroxylation sites is 1. The highest BCUT2D eigenvalue weighted by Crippen LogP contribution is 2.22.